The van der Waals surface area contributed by atoms with Crippen molar-refractivity contribution in [2.45, 2.75) is 115 Å². The maximum absolute atomic E-state index is 13.4. The van der Waals surface area contributed by atoms with Gasteiger partial charge in [0.15, 0.2) is 5.60 Å². The van der Waals surface area contributed by atoms with Crippen LogP contribution in [0.25, 0.3) is 0 Å². The van der Waals surface area contributed by atoms with Gasteiger partial charge in [-0.05, 0) is 50.3 Å². The van der Waals surface area contributed by atoms with Crippen LogP contribution >= 0.6 is 0 Å². The number of aliphatic carboxylic acids is 1. The number of ketones is 1. The summed E-state index contributed by atoms with van der Waals surface area (Å²) in [6, 6.07) is 5.58. The summed E-state index contributed by atoms with van der Waals surface area (Å²) in [6.45, 7) is 2.91. The number of nitrogens with one attached hydrogen (secondary N) is 1. The summed E-state index contributed by atoms with van der Waals surface area (Å²) < 4.78 is 23.7. The number of Topliss-reactive ketones (excluding diaryl/α,β-unsaturated/α-hetero) is 1. The van der Waals surface area contributed by atoms with E-state index in [0.717, 1.165) is 45.6 Å². The molecule has 0 saturated carbocycles. The molecule has 0 aliphatic heterocycles. The number of alkyl halides is 1. The Kier molecular flexibility index (Phi) is 20.7. The lowest BCUT2D eigenvalue weighted by molar-refractivity contribution is -0.168. The molecular formula is C36H52FNO8. The molecule has 9 nitrogen and oxygen atoms in total. The summed E-state index contributed by atoms with van der Waals surface area (Å²) in [5.74, 6) is 1.24. The summed E-state index contributed by atoms with van der Waals surface area (Å²) in [6.07, 6.45) is 12.5. The Morgan fingerprint density at radius 3 is 2.20 bits per heavy atom. The van der Waals surface area contributed by atoms with Crippen LogP contribution in [0, 0.1) is 17.8 Å². The molecule has 10 heteroatoms. The Morgan fingerprint density at radius 1 is 1.00 bits per heavy atom. The number of unbranched alkanes of at least 4 members (excludes halogenated alkanes) is 8. The standard InChI is InChI=1S/C36H52FNO8/c1-4-6-8-11-14-17-29(39)18-15-12-9-10-13-16-19-31(36(44,24-25-37)35(42)43)33(40)38-32(34(41)45-3)27-28-20-22-30(23-21-28)46-26-7-5-2/h16,19-23,31-32,44H,4,6,8-15,17-18,24-27H2,1-3H3,(H,38,40)(H,42,43)/t31-,32+,36+/m1/s1. The molecule has 0 fully saturated rings. The van der Waals surface area contributed by atoms with Crippen LogP contribution in [-0.2, 0) is 30.3 Å². The quantitative estimate of drug-likeness (QED) is 0.0517. The van der Waals surface area contributed by atoms with Crippen molar-refractivity contribution in [2.24, 2.45) is 5.92 Å². The van der Waals surface area contributed by atoms with Gasteiger partial charge < -0.3 is 25.0 Å². The van der Waals surface area contributed by atoms with E-state index in [1.807, 2.05) is 0 Å². The molecule has 1 aromatic rings. The first-order chi connectivity index (χ1) is 22.1. The van der Waals surface area contributed by atoms with Crippen molar-refractivity contribution in [3.8, 4) is 17.6 Å². The lowest BCUT2D eigenvalue weighted by Crippen LogP contribution is -2.55. The number of halogens is 1. The molecule has 3 atom stereocenters. The molecule has 1 aromatic carbocycles. The van der Waals surface area contributed by atoms with Gasteiger partial charge in [-0.15, -0.1) is 5.92 Å². The fraction of sp³-hybridized carbons (Fsp3) is 0.611. The minimum Gasteiger partial charge on any atom is -0.481 e. The molecule has 0 aliphatic carbocycles. The number of hydrogen-bond acceptors (Lipinski definition) is 7. The summed E-state index contributed by atoms with van der Waals surface area (Å²) in [4.78, 5) is 50.1. The van der Waals surface area contributed by atoms with Crippen molar-refractivity contribution in [3.05, 3.63) is 42.0 Å². The van der Waals surface area contributed by atoms with Gasteiger partial charge in [0.25, 0.3) is 0 Å². The molecule has 0 aliphatic rings. The number of aliphatic hydroxyl groups is 1. The lowest BCUT2D eigenvalue weighted by atomic mass is 9.83. The van der Waals surface area contributed by atoms with Gasteiger partial charge >= 0.3 is 11.9 Å². The number of ether oxygens (including phenoxy) is 2. The van der Waals surface area contributed by atoms with Gasteiger partial charge in [-0.1, -0.05) is 75.7 Å². The third-order valence-corrected chi connectivity index (χ3v) is 7.76. The Morgan fingerprint density at radius 2 is 1.63 bits per heavy atom. The van der Waals surface area contributed by atoms with Crippen LogP contribution in [-0.4, -0.2) is 65.9 Å². The smallest absolute Gasteiger partial charge is 0.336 e. The molecule has 0 bridgehead atoms. The van der Waals surface area contributed by atoms with Crippen LogP contribution < -0.4 is 10.1 Å². The predicted molar refractivity (Wildman–Crippen MR) is 175 cm³/mol. The van der Waals surface area contributed by atoms with Gasteiger partial charge in [-0.2, -0.15) is 0 Å². The van der Waals surface area contributed by atoms with E-state index in [1.165, 1.54) is 25.3 Å². The fourth-order valence-electron chi connectivity index (χ4n) is 4.97. The highest BCUT2D eigenvalue weighted by molar-refractivity contribution is 5.92. The first-order valence-corrected chi connectivity index (χ1v) is 16.3. The average molecular weight is 646 g/mol. The number of allylic oxidation sites excluding steroid dienone is 1. The molecule has 0 radical (unpaired) electrons. The maximum atomic E-state index is 13.4. The van der Waals surface area contributed by atoms with E-state index in [4.69, 9.17) is 9.47 Å². The van der Waals surface area contributed by atoms with E-state index < -0.39 is 48.5 Å². The number of rotatable bonds is 25. The molecule has 256 valence electrons. The highest BCUT2D eigenvalue weighted by atomic mass is 19.1. The highest BCUT2D eigenvalue weighted by Gasteiger charge is 2.47. The Labute approximate surface area is 273 Å². The average Bonchev–Trinajstić information content (AvgIpc) is 3.04. The second-order valence-electron chi connectivity index (χ2n) is 11.4. The Hall–Kier alpha value is -3.71. The van der Waals surface area contributed by atoms with E-state index in [1.54, 1.807) is 37.3 Å². The molecule has 46 heavy (non-hydrogen) atoms. The van der Waals surface area contributed by atoms with E-state index in [2.05, 4.69) is 24.1 Å². The zero-order chi connectivity index (χ0) is 34.2. The van der Waals surface area contributed by atoms with Crippen molar-refractivity contribution in [1.29, 1.82) is 0 Å². The minimum atomic E-state index is -2.73. The number of methoxy groups -OCH3 is 1. The molecule has 1 amide bonds. The third-order valence-electron chi connectivity index (χ3n) is 7.76. The zero-order valence-electron chi connectivity index (χ0n) is 27.7. The second kappa shape index (κ2) is 23.6. The largest absolute Gasteiger partial charge is 0.481 e. The molecule has 0 saturated heterocycles. The lowest BCUT2D eigenvalue weighted by Gasteiger charge is -2.30. The third kappa shape index (κ3) is 15.5. The monoisotopic (exact) mass is 645 g/mol. The van der Waals surface area contributed by atoms with Gasteiger partial charge in [-0.25, -0.2) is 9.59 Å². The van der Waals surface area contributed by atoms with E-state index in [-0.39, 0.29) is 13.0 Å². The minimum absolute atomic E-state index is 0.0138. The van der Waals surface area contributed by atoms with E-state index in [0.29, 0.717) is 36.4 Å². The number of benzene rings is 1. The molecule has 0 aromatic heterocycles. The van der Waals surface area contributed by atoms with Crippen LogP contribution in [0.1, 0.15) is 103 Å². The Bertz CT molecular complexity index is 1160. The molecule has 0 unspecified atom stereocenters. The van der Waals surface area contributed by atoms with Crippen LogP contribution in [0.5, 0.6) is 5.75 Å². The van der Waals surface area contributed by atoms with Gasteiger partial charge in [0, 0.05) is 25.7 Å². The van der Waals surface area contributed by atoms with Crippen molar-refractivity contribution >= 4 is 23.6 Å². The summed E-state index contributed by atoms with van der Waals surface area (Å²) in [5, 5.41) is 23.2. The zero-order valence-corrected chi connectivity index (χ0v) is 27.7. The van der Waals surface area contributed by atoms with Crippen molar-refractivity contribution in [2.75, 3.05) is 20.4 Å². The van der Waals surface area contributed by atoms with E-state index in [9.17, 15) is 33.8 Å². The Balaban J connectivity index is 2.82. The molecular weight excluding hydrogens is 593 g/mol. The highest BCUT2D eigenvalue weighted by Crippen LogP contribution is 2.26. The first kappa shape index (κ1) is 40.3. The number of hydrogen-bond donors (Lipinski definition) is 3. The predicted octanol–water partition coefficient (Wildman–Crippen LogP) is 5.91. The molecule has 3 N–H and O–H groups in total. The molecule has 1 rings (SSSR count). The SMILES string of the molecule is CC#CCOc1ccc(C[C@H](NC(=O)[C@@H](C=CCCCCCCC(=O)CCCCCCC)[C@@](O)(CCF)C(=O)O)C(=O)OC)cc1. The fourth-order valence-corrected chi connectivity index (χ4v) is 4.97. The van der Waals surface area contributed by atoms with Crippen LogP contribution in [0.15, 0.2) is 36.4 Å². The van der Waals surface area contributed by atoms with Gasteiger partial charge in [0.05, 0.1) is 19.7 Å². The number of carboxylic acids is 1. The summed E-state index contributed by atoms with van der Waals surface area (Å²) >= 11 is 0. The first-order valence-electron chi connectivity index (χ1n) is 16.3. The summed E-state index contributed by atoms with van der Waals surface area (Å²) in [5.41, 5.74) is -2.07. The normalized spacial score (nSPS) is 13.6. The number of carbonyl (C=O) groups is 4. The van der Waals surface area contributed by atoms with Gasteiger partial charge in [0.1, 0.15) is 24.2 Å². The van der Waals surface area contributed by atoms with Crippen LogP contribution in [0.3, 0.4) is 0 Å². The molecule has 0 spiro atoms. The van der Waals surface area contributed by atoms with Crippen LogP contribution in [0.2, 0.25) is 0 Å². The maximum Gasteiger partial charge on any atom is 0.336 e. The number of carboxylic acid groups (broad SMARTS) is 1. The number of amides is 1. The van der Waals surface area contributed by atoms with Gasteiger partial charge in [-0.3, -0.25) is 14.0 Å². The van der Waals surface area contributed by atoms with Crippen molar-refractivity contribution in [3.63, 3.8) is 0 Å². The van der Waals surface area contributed by atoms with Gasteiger partial charge in [0.2, 0.25) is 5.91 Å². The second-order valence-corrected chi connectivity index (χ2v) is 11.4. The molecule has 0 heterocycles. The van der Waals surface area contributed by atoms with E-state index >= 15 is 0 Å². The number of carbonyl (C=O) groups excluding carboxylic acids is 3. The summed E-state index contributed by atoms with van der Waals surface area (Å²) in [7, 11) is 1.16. The van der Waals surface area contributed by atoms with Crippen LogP contribution in [0.4, 0.5) is 4.39 Å². The topological polar surface area (TPSA) is 139 Å². The van der Waals surface area contributed by atoms with Crippen molar-refractivity contribution in [1.82, 2.24) is 5.32 Å². The van der Waals surface area contributed by atoms with Crippen molar-refractivity contribution < 1.29 is 43.3 Å². The number of esters is 1.